The number of hydrogen-bond acceptors (Lipinski definition) is 1. The van der Waals surface area contributed by atoms with Crippen molar-refractivity contribution in [3.05, 3.63) is 28.3 Å². The summed E-state index contributed by atoms with van der Waals surface area (Å²) in [6.45, 7) is 18.0. The first kappa shape index (κ1) is 15.1. The third kappa shape index (κ3) is 2.71. The van der Waals surface area contributed by atoms with Gasteiger partial charge in [0.2, 0.25) is 0 Å². The highest BCUT2D eigenvalue weighted by Gasteiger charge is 2.28. The zero-order valence-corrected chi connectivity index (χ0v) is 13.5. The van der Waals surface area contributed by atoms with E-state index in [1.165, 1.54) is 22.3 Å². The Morgan fingerprint density at radius 2 is 1.28 bits per heavy atom. The van der Waals surface area contributed by atoms with Crippen LogP contribution in [0.3, 0.4) is 0 Å². The molecule has 0 saturated heterocycles. The van der Waals surface area contributed by atoms with Gasteiger partial charge in [0.05, 0.1) is 7.11 Å². The lowest BCUT2D eigenvalue weighted by Gasteiger charge is -2.32. The molecule has 0 radical (unpaired) electrons. The molecular weight excluding hydrogens is 220 g/mol. The van der Waals surface area contributed by atoms with E-state index in [0.717, 1.165) is 5.75 Å². The maximum Gasteiger partial charge on any atom is 0.123 e. The van der Waals surface area contributed by atoms with Gasteiger partial charge in [-0.15, -0.1) is 0 Å². The Labute approximate surface area is 113 Å². The Morgan fingerprint density at radius 1 is 0.833 bits per heavy atom. The molecule has 1 aromatic rings. The van der Waals surface area contributed by atoms with Crippen LogP contribution in [-0.4, -0.2) is 7.11 Å². The Hall–Kier alpha value is -0.980. The summed E-state index contributed by atoms with van der Waals surface area (Å²) in [6.07, 6.45) is 0. The average Bonchev–Trinajstić information content (AvgIpc) is 2.11. The van der Waals surface area contributed by atoms with E-state index in [4.69, 9.17) is 4.74 Å². The van der Waals surface area contributed by atoms with Gasteiger partial charge < -0.3 is 4.74 Å². The third-order valence-corrected chi connectivity index (χ3v) is 3.46. The second-order valence-corrected chi connectivity index (χ2v) is 7.27. The average molecular weight is 248 g/mol. The Balaban J connectivity index is 3.71. The van der Waals surface area contributed by atoms with Crippen molar-refractivity contribution in [1.82, 2.24) is 0 Å². The summed E-state index contributed by atoms with van der Waals surface area (Å²) >= 11 is 0. The Morgan fingerprint density at radius 3 is 1.61 bits per heavy atom. The number of hydrogen-bond donors (Lipinski definition) is 0. The molecular formula is C17H28O. The van der Waals surface area contributed by atoms with Crippen LogP contribution in [-0.2, 0) is 10.8 Å². The van der Waals surface area contributed by atoms with Crippen LogP contribution < -0.4 is 4.74 Å². The first-order valence-corrected chi connectivity index (χ1v) is 6.69. The SMILES string of the molecule is COc1cc(C)c(C(C)(C)C)c(C)c1C(C)(C)C. The van der Waals surface area contributed by atoms with Crippen molar-refractivity contribution in [2.75, 3.05) is 7.11 Å². The number of aryl methyl sites for hydroxylation is 1. The highest BCUT2D eigenvalue weighted by atomic mass is 16.5. The largest absolute Gasteiger partial charge is 0.496 e. The van der Waals surface area contributed by atoms with Crippen LogP contribution in [0.25, 0.3) is 0 Å². The first-order chi connectivity index (χ1) is 8.00. The van der Waals surface area contributed by atoms with Crippen molar-refractivity contribution in [3.63, 3.8) is 0 Å². The monoisotopic (exact) mass is 248 g/mol. The minimum absolute atomic E-state index is 0.100. The van der Waals surface area contributed by atoms with Gasteiger partial charge >= 0.3 is 0 Å². The Bertz CT molecular complexity index is 442. The van der Waals surface area contributed by atoms with Crippen molar-refractivity contribution in [2.45, 2.75) is 66.2 Å². The fourth-order valence-corrected chi connectivity index (χ4v) is 3.19. The summed E-state index contributed by atoms with van der Waals surface area (Å²) in [5.41, 5.74) is 5.76. The molecule has 0 aliphatic rings. The van der Waals surface area contributed by atoms with Gasteiger partial charge in [0, 0.05) is 5.56 Å². The van der Waals surface area contributed by atoms with E-state index >= 15 is 0 Å². The van der Waals surface area contributed by atoms with E-state index in [-0.39, 0.29) is 10.8 Å². The van der Waals surface area contributed by atoms with Crippen LogP contribution in [0.1, 0.15) is 63.8 Å². The summed E-state index contributed by atoms with van der Waals surface area (Å²) in [5, 5.41) is 0. The molecule has 0 aliphatic heterocycles. The molecule has 0 amide bonds. The molecule has 1 heteroatoms. The van der Waals surface area contributed by atoms with E-state index < -0.39 is 0 Å². The molecule has 0 aliphatic carbocycles. The highest BCUT2D eigenvalue weighted by Crippen LogP contribution is 2.41. The summed E-state index contributed by atoms with van der Waals surface area (Å²) < 4.78 is 5.60. The van der Waals surface area contributed by atoms with Crippen molar-refractivity contribution >= 4 is 0 Å². The molecule has 0 heterocycles. The standard InChI is InChI=1S/C17H28O/c1-11-10-13(18-9)15(17(6,7)8)12(2)14(11)16(3,4)5/h10H,1-9H3. The lowest BCUT2D eigenvalue weighted by molar-refractivity contribution is 0.395. The lowest BCUT2D eigenvalue weighted by atomic mass is 9.74. The zero-order chi connectivity index (χ0) is 14.3. The fourth-order valence-electron chi connectivity index (χ4n) is 3.19. The quantitative estimate of drug-likeness (QED) is 0.686. The molecule has 0 aromatic heterocycles. The normalized spacial score (nSPS) is 12.7. The molecule has 1 rings (SSSR count). The summed E-state index contributed by atoms with van der Waals surface area (Å²) in [5.74, 6) is 1.02. The predicted molar refractivity (Wildman–Crippen MR) is 79.9 cm³/mol. The number of ether oxygens (including phenoxy) is 1. The van der Waals surface area contributed by atoms with Gasteiger partial charge in [-0.05, 0) is 47.4 Å². The van der Waals surface area contributed by atoms with E-state index in [2.05, 4.69) is 61.5 Å². The van der Waals surface area contributed by atoms with Gasteiger partial charge in [0.15, 0.2) is 0 Å². The zero-order valence-electron chi connectivity index (χ0n) is 13.5. The summed E-state index contributed by atoms with van der Waals surface area (Å²) in [4.78, 5) is 0. The van der Waals surface area contributed by atoms with Gasteiger partial charge in [0.25, 0.3) is 0 Å². The maximum atomic E-state index is 5.60. The molecule has 0 bridgehead atoms. The molecule has 0 unspecified atom stereocenters. The van der Waals surface area contributed by atoms with Gasteiger partial charge in [0.1, 0.15) is 5.75 Å². The predicted octanol–water partition coefficient (Wildman–Crippen LogP) is 4.91. The summed E-state index contributed by atoms with van der Waals surface area (Å²) in [7, 11) is 1.76. The molecule has 102 valence electrons. The third-order valence-electron chi connectivity index (χ3n) is 3.46. The van der Waals surface area contributed by atoms with Gasteiger partial charge in [-0.3, -0.25) is 0 Å². The number of methoxy groups -OCH3 is 1. The van der Waals surface area contributed by atoms with Gasteiger partial charge in [-0.25, -0.2) is 0 Å². The van der Waals surface area contributed by atoms with E-state index in [1.54, 1.807) is 7.11 Å². The highest BCUT2D eigenvalue weighted by molar-refractivity contribution is 5.53. The molecule has 0 atom stereocenters. The molecule has 0 saturated carbocycles. The van der Waals surface area contributed by atoms with Gasteiger partial charge in [-0.1, -0.05) is 41.5 Å². The second-order valence-electron chi connectivity index (χ2n) is 7.27. The smallest absolute Gasteiger partial charge is 0.123 e. The number of benzene rings is 1. The Kier molecular flexibility index (Phi) is 3.86. The fraction of sp³-hybridized carbons (Fsp3) is 0.647. The minimum atomic E-state index is 0.100. The van der Waals surface area contributed by atoms with Crippen LogP contribution in [0.5, 0.6) is 5.75 Å². The minimum Gasteiger partial charge on any atom is -0.496 e. The molecule has 1 aromatic carbocycles. The van der Waals surface area contributed by atoms with Crippen molar-refractivity contribution < 1.29 is 4.74 Å². The van der Waals surface area contributed by atoms with Crippen molar-refractivity contribution in [1.29, 1.82) is 0 Å². The van der Waals surface area contributed by atoms with E-state index in [9.17, 15) is 0 Å². The maximum absolute atomic E-state index is 5.60. The number of rotatable bonds is 1. The molecule has 0 spiro atoms. The second kappa shape index (κ2) is 4.60. The molecule has 1 nitrogen and oxygen atoms in total. The molecule has 0 fully saturated rings. The van der Waals surface area contributed by atoms with Crippen LogP contribution in [0.2, 0.25) is 0 Å². The molecule has 18 heavy (non-hydrogen) atoms. The van der Waals surface area contributed by atoms with Crippen LogP contribution in [0, 0.1) is 13.8 Å². The lowest BCUT2D eigenvalue weighted by Crippen LogP contribution is -2.21. The van der Waals surface area contributed by atoms with Crippen molar-refractivity contribution in [3.8, 4) is 5.75 Å². The van der Waals surface area contributed by atoms with Crippen LogP contribution >= 0.6 is 0 Å². The summed E-state index contributed by atoms with van der Waals surface area (Å²) in [6, 6.07) is 2.19. The van der Waals surface area contributed by atoms with Gasteiger partial charge in [-0.2, -0.15) is 0 Å². The van der Waals surface area contributed by atoms with Crippen LogP contribution in [0.4, 0.5) is 0 Å². The molecule has 0 N–H and O–H groups in total. The van der Waals surface area contributed by atoms with Crippen LogP contribution in [0.15, 0.2) is 6.07 Å². The topological polar surface area (TPSA) is 9.23 Å². The van der Waals surface area contributed by atoms with Crippen molar-refractivity contribution in [2.24, 2.45) is 0 Å². The van der Waals surface area contributed by atoms with E-state index in [0.29, 0.717) is 0 Å². The first-order valence-electron chi connectivity index (χ1n) is 6.69. The van der Waals surface area contributed by atoms with E-state index in [1.807, 2.05) is 0 Å².